The van der Waals surface area contributed by atoms with Crippen molar-refractivity contribution in [3.8, 4) is 5.75 Å². The minimum Gasteiger partial charge on any atom is -0.494 e. The van der Waals surface area contributed by atoms with Gasteiger partial charge in [0.05, 0.1) is 6.61 Å². The average molecular weight is 257 g/mol. The van der Waals surface area contributed by atoms with Crippen LogP contribution in [-0.2, 0) is 6.42 Å². The standard InChI is InChI=1S/C12H17BrO/c1-4-14-12-6-5-9(2)7-11(12)8-10(3)13/h5-7,10H,4,8H2,1-3H3. The Hall–Kier alpha value is -0.500. The topological polar surface area (TPSA) is 9.23 Å². The molecule has 0 N–H and O–H groups in total. The van der Waals surface area contributed by atoms with Gasteiger partial charge < -0.3 is 4.74 Å². The van der Waals surface area contributed by atoms with Gasteiger partial charge in [-0.15, -0.1) is 0 Å². The zero-order valence-electron chi connectivity index (χ0n) is 9.01. The van der Waals surface area contributed by atoms with Crippen molar-refractivity contribution in [1.82, 2.24) is 0 Å². The van der Waals surface area contributed by atoms with Crippen LogP contribution in [0.2, 0.25) is 0 Å². The second kappa shape index (κ2) is 5.40. The summed E-state index contributed by atoms with van der Waals surface area (Å²) in [6, 6.07) is 6.35. The summed E-state index contributed by atoms with van der Waals surface area (Å²) in [5.74, 6) is 1.02. The minimum atomic E-state index is 0.489. The first-order valence-electron chi connectivity index (χ1n) is 5.00. The molecule has 0 radical (unpaired) electrons. The molecular weight excluding hydrogens is 240 g/mol. The lowest BCUT2D eigenvalue weighted by Crippen LogP contribution is -2.02. The Bertz CT molecular complexity index is 294. The number of alkyl halides is 1. The van der Waals surface area contributed by atoms with Crippen LogP contribution < -0.4 is 4.74 Å². The third-order valence-corrected chi connectivity index (χ3v) is 2.34. The van der Waals surface area contributed by atoms with Gasteiger partial charge in [-0.05, 0) is 31.9 Å². The van der Waals surface area contributed by atoms with E-state index in [1.54, 1.807) is 0 Å². The summed E-state index contributed by atoms with van der Waals surface area (Å²) in [6.07, 6.45) is 1.01. The van der Waals surface area contributed by atoms with Crippen LogP contribution in [0.3, 0.4) is 0 Å². The number of aryl methyl sites for hydroxylation is 1. The van der Waals surface area contributed by atoms with E-state index in [1.807, 2.05) is 6.92 Å². The molecular formula is C12H17BrO. The van der Waals surface area contributed by atoms with Crippen LogP contribution >= 0.6 is 15.9 Å². The van der Waals surface area contributed by atoms with Crippen molar-refractivity contribution >= 4 is 15.9 Å². The summed E-state index contributed by atoms with van der Waals surface area (Å²) in [6.45, 7) is 7.00. The molecule has 1 aromatic rings. The Morgan fingerprint density at radius 1 is 1.43 bits per heavy atom. The van der Waals surface area contributed by atoms with Crippen molar-refractivity contribution in [1.29, 1.82) is 0 Å². The van der Waals surface area contributed by atoms with Crippen LogP contribution in [0.1, 0.15) is 25.0 Å². The van der Waals surface area contributed by atoms with Crippen molar-refractivity contribution in [3.05, 3.63) is 29.3 Å². The van der Waals surface area contributed by atoms with Gasteiger partial charge in [0.25, 0.3) is 0 Å². The van der Waals surface area contributed by atoms with Crippen LogP contribution in [-0.4, -0.2) is 11.4 Å². The highest BCUT2D eigenvalue weighted by molar-refractivity contribution is 9.09. The van der Waals surface area contributed by atoms with E-state index < -0.39 is 0 Å². The van der Waals surface area contributed by atoms with Crippen molar-refractivity contribution in [2.45, 2.75) is 32.0 Å². The molecule has 0 spiro atoms. The molecule has 0 aliphatic carbocycles. The molecule has 0 heterocycles. The Kier molecular flexibility index (Phi) is 4.46. The molecule has 0 aliphatic rings. The highest BCUT2D eigenvalue weighted by Crippen LogP contribution is 2.23. The monoisotopic (exact) mass is 256 g/mol. The molecule has 78 valence electrons. The normalized spacial score (nSPS) is 12.6. The van der Waals surface area contributed by atoms with Gasteiger partial charge in [-0.1, -0.05) is 40.5 Å². The molecule has 0 aromatic heterocycles. The first-order chi connectivity index (χ1) is 6.63. The molecule has 0 bridgehead atoms. The van der Waals surface area contributed by atoms with E-state index in [9.17, 15) is 0 Å². The molecule has 14 heavy (non-hydrogen) atoms. The van der Waals surface area contributed by atoms with Gasteiger partial charge >= 0.3 is 0 Å². The predicted molar refractivity (Wildman–Crippen MR) is 64.4 cm³/mol. The molecule has 1 unspecified atom stereocenters. The highest BCUT2D eigenvalue weighted by Gasteiger charge is 2.06. The number of rotatable bonds is 4. The third kappa shape index (κ3) is 3.33. The van der Waals surface area contributed by atoms with E-state index in [2.05, 4.69) is 48.0 Å². The number of hydrogen-bond donors (Lipinski definition) is 0. The van der Waals surface area contributed by atoms with E-state index in [0.717, 1.165) is 18.8 Å². The number of benzene rings is 1. The first kappa shape index (κ1) is 11.6. The van der Waals surface area contributed by atoms with Gasteiger partial charge in [-0.2, -0.15) is 0 Å². The van der Waals surface area contributed by atoms with E-state index in [4.69, 9.17) is 4.74 Å². The lowest BCUT2D eigenvalue weighted by atomic mass is 10.1. The van der Waals surface area contributed by atoms with Gasteiger partial charge in [-0.25, -0.2) is 0 Å². The molecule has 0 aliphatic heterocycles. The number of ether oxygens (including phenoxy) is 1. The molecule has 1 aromatic carbocycles. The average Bonchev–Trinajstić information content (AvgIpc) is 2.09. The second-order valence-electron chi connectivity index (χ2n) is 3.53. The van der Waals surface area contributed by atoms with E-state index >= 15 is 0 Å². The molecule has 2 heteroatoms. The third-order valence-electron chi connectivity index (χ3n) is 2.02. The fourth-order valence-corrected chi connectivity index (χ4v) is 1.82. The van der Waals surface area contributed by atoms with Crippen molar-refractivity contribution in [2.24, 2.45) is 0 Å². The minimum absolute atomic E-state index is 0.489. The summed E-state index contributed by atoms with van der Waals surface area (Å²) < 4.78 is 5.57. The van der Waals surface area contributed by atoms with Gasteiger partial charge in [0.15, 0.2) is 0 Å². The molecule has 1 rings (SSSR count). The Labute approximate surface area is 94.6 Å². The number of halogens is 1. The molecule has 0 fully saturated rings. The summed E-state index contributed by atoms with van der Waals surface area (Å²) >= 11 is 3.57. The summed E-state index contributed by atoms with van der Waals surface area (Å²) in [5, 5.41) is 0. The van der Waals surface area contributed by atoms with E-state index in [-0.39, 0.29) is 0 Å². The van der Waals surface area contributed by atoms with Gasteiger partial charge in [0.2, 0.25) is 0 Å². The Morgan fingerprint density at radius 2 is 2.14 bits per heavy atom. The van der Waals surface area contributed by atoms with Crippen LogP contribution in [0.4, 0.5) is 0 Å². The smallest absolute Gasteiger partial charge is 0.122 e. The molecule has 1 atom stereocenters. The predicted octanol–water partition coefficient (Wildman–Crippen LogP) is 3.72. The largest absolute Gasteiger partial charge is 0.494 e. The van der Waals surface area contributed by atoms with Crippen LogP contribution in [0.25, 0.3) is 0 Å². The van der Waals surface area contributed by atoms with Crippen LogP contribution in [0, 0.1) is 6.92 Å². The highest BCUT2D eigenvalue weighted by atomic mass is 79.9. The summed E-state index contributed by atoms with van der Waals surface area (Å²) in [4.78, 5) is 0.489. The van der Waals surface area contributed by atoms with Gasteiger partial charge in [-0.3, -0.25) is 0 Å². The Balaban J connectivity index is 2.90. The van der Waals surface area contributed by atoms with Crippen LogP contribution in [0.15, 0.2) is 18.2 Å². The second-order valence-corrected chi connectivity index (χ2v) is 5.09. The SMILES string of the molecule is CCOc1ccc(C)cc1CC(C)Br. The van der Waals surface area contributed by atoms with Crippen LogP contribution in [0.5, 0.6) is 5.75 Å². The summed E-state index contributed by atoms with van der Waals surface area (Å²) in [7, 11) is 0. The zero-order valence-corrected chi connectivity index (χ0v) is 10.6. The van der Waals surface area contributed by atoms with Gasteiger partial charge in [0.1, 0.15) is 5.75 Å². The molecule has 0 saturated heterocycles. The first-order valence-corrected chi connectivity index (χ1v) is 5.91. The maximum atomic E-state index is 5.57. The molecule has 1 nitrogen and oxygen atoms in total. The lowest BCUT2D eigenvalue weighted by Gasteiger charge is -2.12. The zero-order chi connectivity index (χ0) is 10.6. The number of hydrogen-bond acceptors (Lipinski definition) is 1. The summed E-state index contributed by atoms with van der Waals surface area (Å²) in [5.41, 5.74) is 2.58. The quantitative estimate of drug-likeness (QED) is 0.747. The van der Waals surface area contributed by atoms with E-state index in [1.165, 1.54) is 11.1 Å². The maximum absolute atomic E-state index is 5.57. The fraction of sp³-hybridized carbons (Fsp3) is 0.500. The molecule has 0 amide bonds. The fourth-order valence-electron chi connectivity index (χ4n) is 1.47. The van der Waals surface area contributed by atoms with Gasteiger partial charge in [0, 0.05) is 4.83 Å². The maximum Gasteiger partial charge on any atom is 0.122 e. The van der Waals surface area contributed by atoms with Crippen molar-refractivity contribution in [3.63, 3.8) is 0 Å². The van der Waals surface area contributed by atoms with Crippen molar-refractivity contribution < 1.29 is 4.74 Å². The lowest BCUT2D eigenvalue weighted by molar-refractivity contribution is 0.336. The van der Waals surface area contributed by atoms with E-state index in [0.29, 0.717) is 4.83 Å². The Morgan fingerprint density at radius 3 is 2.71 bits per heavy atom. The van der Waals surface area contributed by atoms with Crippen molar-refractivity contribution in [2.75, 3.05) is 6.61 Å². The molecule has 0 saturated carbocycles.